The second-order valence-corrected chi connectivity index (χ2v) is 9.51. The third-order valence-electron chi connectivity index (χ3n) is 6.94. The normalized spacial score (nSPS) is 13.1. The molecule has 0 saturated carbocycles. The Labute approximate surface area is 220 Å². The van der Waals surface area contributed by atoms with E-state index in [0.29, 0.717) is 22.8 Å². The van der Waals surface area contributed by atoms with E-state index in [-0.39, 0.29) is 5.41 Å². The van der Waals surface area contributed by atoms with Crippen molar-refractivity contribution in [3.8, 4) is 34.9 Å². The van der Waals surface area contributed by atoms with Gasteiger partial charge in [-0.3, -0.25) is 0 Å². The SMILES string of the molecule is CC1(C)c2ccccc2N(c2c(-c3ncc(C#N)cn3)cccc2-c2ncc(C#N)cn2)c2ccccc21. The average Bonchev–Trinajstić information content (AvgIpc) is 2.97. The largest absolute Gasteiger partial charge is 0.308 e. The minimum atomic E-state index is -0.227. The highest BCUT2D eigenvalue weighted by Crippen LogP contribution is 2.54. The van der Waals surface area contributed by atoms with E-state index in [0.717, 1.165) is 28.2 Å². The van der Waals surface area contributed by atoms with E-state index in [1.807, 2.05) is 30.3 Å². The van der Waals surface area contributed by atoms with Crippen LogP contribution in [-0.4, -0.2) is 19.9 Å². The molecule has 0 unspecified atom stereocenters. The van der Waals surface area contributed by atoms with Crippen molar-refractivity contribution in [2.24, 2.45) is 0 Å². The highest BCUT2D eigenvalue weighted by molar-refractivity contribution is 5.98. The van der Waals surface area contributed by atoms with E-state index in [9.17, 15) is 10.5 Å². The smallest absolute Gasteiger partial charge is 0.161 e. The first-order chi connectivity index (χ1) is 18.5. The summed E-state index contributed by atoms with van der Waals surface area (Å²) in [7, 11) is 0. The molecule has 180 valence electrons. The van der Waals surface area contributed by atoms with Gasteiger partial charge < -0.3 is 4.90 Å². The molecule has 0 spiro atoms. The molecule has 0 radical (unpaired) electrons. The standard InChI is InChI=1S/C31H21N7/c1-31(2)24-10-3-5-12-26(24)38(27-13-6-4-11-25(27)31)28-22(29-34-16-20(14-32)17-35-29)8-7-9-23(28)30-36-18-21(15-33)19-37-30/h3-13,16-19H,1-2H3. The number of nitriles is 2. The van der Waals surface area contributed by atoms with E-state index in [1.165, 1.54) is 35.9 Å². The molecule has 6 rings (SSSR count). The monoisotopic (exact) mass is 491 g/mol. The summed E-state index contributed by atoms with van der Waals surface area (Å²) in [6.45, 7) is 4.48. The lowest BCUT2D eigenvalue weighted by Gasteiger charge is -2.42. The summed E-state index contributed by atoms with van der Waals surface area (Å²) in [5, 5.41) is 18.6. The second-order valence-electron chi connectivity index (χ2n) is 9.51. The Balaban J connectivity index is 1.70. The Morgan fingerprint density at radius 1 is 0.605 bits per heavy atom. The molecule has 0 amide bonds. The number of fused-ring (bicyclic) bond motifs is 2. The topological polar surface area (TPSA) is 102 Å². The Morgan fingerprint density at radius 2 is 1.03 bits per heavy atom. The van der Waals surface area contributed by atoms with Crippen LogP contribution in [0.25, 0.3) is 22.8 Å². The highest BCUT2D eigenvalue weighted by atomic mass is 15.2. The fourth-order valence-corrected chi connectivity index (χ4v) is 5.11. The van der Waals surface area contributed by atoms with E-state index in [1.54, 1.807) is 0 Å². The molecular formula is C31H21N7. The van der Waals surface area contributed by atoms with Crippen molar-refractivity contribution in [2.75, 3.05) is 4.90 Å². The van der Waals surface area contributed by atoms with Gasteiger partial charge >= 0.3 is 0 Å². The number of benzene rings is 3. The first-order valence-corrected chi connectivity index (χ1v) is 12.1. The van der Waals surface area contributed by atoms with E-state index < -0.39 is 0 Å². The zero-order chi connectivity index (χ0) is 26.3. The maximum Gasteiger partial charge on any atom is 0.161 e. The third-order valence-corrected chi connectivity index (χ3v) is 6.94. The van der Waals surface area contributed by atoms with Gasteiger partial charge in [-0.1, -0.05) is 56.3 Å². The van der Waals surface area contributed by atoms with Crippen molar-refractivity contribution in [3.63, 3.8) is 0 Å². The van der Waals surface area contributed by atoms with Crippen molar-refractivity contribution in [1.29, 1.82) is 10.5 Å². The minimum Gasteiger partial charge on any atom is -0.308 e. The Morgan fingerprint density at radius 3 is 1.45 bits per heavy atom. The van der Waals surface area contributed by atoms with Gasteiger partial charge in [0.05, 0.1) is 28.2 Å². The van der Waals surface area contributed by atoms with Gasteiger partial charge in [-0.25, -0.2) is 19.9 Å². The second kappa shape index (κ2) is 8.92. The quantitative estimate of drug-likeness (QED) is 0.286. The lowest BCUT2D eigenvalue weighted by atomic mass is 9.73. The zero-order valence-corrected chi connectivity index (χ0v) is 20.8. The van der Waals surface area contributed by atoms with Gasteiger partial charge in [0.15, 0.2) is 11.6 Å². The molecule has 3 heterocycles. The van der Waals surface area contributed by atoms with Crippen LogP contribution in [0.2, 0.25) is 0 Å². The van der Waals surface area contributed by atoms with E-state index in [2.05, 4.69) is 87.2 Å². The predicted octanol–water partition coefficient (Wildman–Crippen LogP) is 6.45. The van der Waals surface area contributed by atoms with Crippen molar-refractivity contribution in [3.05, 3.63) is 114 Å². The highest BCUT2D eigenvalue weighted by Gasteiger charge is 2.38. The third kappa shape index (κ3) is 3.57. The van der Waals surface area contributed by atoms with Crippen LogP contribution in [-0.2, 0) is 5.41 Å². The molecule has 0 bridgehead atoms. The zero-order valence-electron chi connectivity index (χ0n) is 20.8. The maximum absolute atomic E-state index is 9.28. The van der Waals surface area contributed by atoms with Gasteiger partial charge in [-0.2, -0.15) is 10.5 Å². The fraction of sp³-hybridized carbons (Fsp3) is 0.0968. The number of para-hydroxylation sites is 3. The molecule has 1 aliphatic rings. The van der Waals surface area contributed by atoms with Crippen LogP contribution in [0.4, 0.5) is 17.1 Å². The van der Waals surface area contributed by atoms with Crippen molar-refractivity contribution in [2.45, 2.75) is 19.3 Å². The number of hydrogen-bond acceptors (Lipinski definition) is 7. The molecule has 1 aliphatic heterocycles. The molecule has 7 heteroatoms. The van der Waals surface area contributed by atoms with Crippen LogP contribution in [0.1, 0.15) is 36.1 Å². The van der Waals surface area contributed by atoms with Crippen LogP contribution in [0.3, 0.4) is 0 Å². The number of rotatable bonds is 3. The Bertz CT molecular complexity index is 1630. The van der Waals surface area contributed by atoms with Gasteiger partial charge in [-0.15, -0.1) is 0 Å². The Kier molecular flexibility index (Phi) is 5.40. The molecule has 0 N–H and O–H groups in total. The van der Waals surface area contributed by atoms with Crippen molar-refractivity contribution >= 4 is 17.1 Å². The van der Waals surface area contributed by atoms with Gasteiger partial charge in [0.25, 0.3) is 0 Å². The van der Waals surface area contributed by atoms with Crippen LogP contribution in [0.5, 0.6) is 0 Å². The van der Waals surface area contributed by atoms with Gasteiger partial charge in [0.1, 0.15) is 12.1 Å². The van der Waals surface area contributed by atoms with E-state index in [4.69, 9.17) is 0 Å². The molecule has 5 aromatic rings. The molecule has 7 nitrogen and oxygen atoms in total. The average molecular weight is 492 g/mol. The number of aromatic nitrogens is 4. The minimum absolute atomic E-state index is 0.227. The van der Waals surface area contributed by atoms with Crippen LogP contribution >= 0.6 is 0 Å². The number of anilines is 3. The molecule has 0 fully saturated rings. The molecular weight excluding hydrogens is 470 g/mol. The summed E-state index contributed by atoms with van der Waals surface area (Å²) in [4.78, 5) is 20.4. The lowest BCUT2D eigenvalue weighted by molar-refractivity contribution is 0.632. The summed E-state index contributed by atoms with van der Waals surface area (Å²) in [5.74, 6) is 0.962. The molecule has 3 aromatic carbocycles. The molecule has 0 aliphatic carbocycles. The molecule has 2 aromatic heterocycles. The van der Waals surface area contributed by atoms with Crippen LogP contribution in [0.15, 0.2) is 91.5 Å². The van der Waals surface area contributed by atoms with Crippen LogP contribution in [0, 0.1) is 22.7 Å². The van der Waals surface area contributed by atoms with Gasteiger partial charge in [0, 0.05) is 41.3 Å². The lowest BCUT2D eigenvalue weighted by Crippen LogP contribution is -2.31. The first-order valence-electron chi connectivity index (χ1n) is 12.1. The van der Waals surface area contributed by atoms with Gasteiger partial charge in [-0.05, 0) is 35.4 Å². The summed E-state index contributed by atoms with van der Waals surface area (Å²) < 4.78 is 0. The summed E-state index contributed by atoms with van der Waals surface area (Å²) in [6.07, 6.45) is 6.10. The van der Waals surface area contributed by atoms with Crippen molar-refractivity contribution in [1.82, 2.24) is 19.9 Å². The van der Waals surface area contributed by atoms with Gasteiger partial charge in [0.2, 0.25) is 0 Å². The van der Waals surface area contributed by atoms with Crippen molar-refractivity contribution < 1.29 is 0 Å². The summed E-state index contributed by atoms with van der Waals surface area (Å²) in [6, 6.07) is 26.8. The predicted molar refractivity (Wildman–Crippen MR) is 145 cm³/mol. The maximum atomic E-state index is 9.28. The van der Waals surface area contributed by atoms with E-state index >= 15 is 0 Å². The summed E-state index contributed by atoms with van der Waals surface area (Å²) in [5.41, 5.74) is 7.33. The molecule has 0 saturated heterocycles. The molecule has 0 atom stereocenters. The first kappa shape index (κ1) is 23.0. The Hall–Kier alpha value is -5.40. The van der Waals surface area contributed by atoms with Crippen LogP contribution < -0.4 is 4.90 Å². The fourth-order valence-electron chi connectivity index (χ4n) is 5.11. The summed E-state index contributed by atoms with van der Waals surface area (Å²) >= 11 is 0. The number of nitrogens with zero attached hydrogens (tertiary/aromatic N) is 7. The number of hydrogen-bond donors (Lipinski definition) is 0. The molecule has 38 heavy (non-hydrogen) atoms.